The molecule has 0 aliphatic heterocycles. The van der Waals surface area contributed by atoms with E-state index in [1.54, 1.807) is 11.8 Å². The molecule has 0 aromatic rings. The van der Waals surface area contributed by atoms with Gasteiger partial charge in [-0.15, -0.1) is 0 Å². The molecule has 0 heterocycles. The summed E-state index contributed by atoms with van der Waals surface area (Å²) < 4.78 is 0. The Bertz CT molecular complexity index is 230. The van der Waals surface area contributed by atoms with Crippen LogP contribution in [0.1, 0.15) is 40.0 Å². The van der Waals surface area contributed by atoms with Crippen LogP contribution >= 0.6 is 11.8 Å². The van der Waals surface area contributed by atoms with Gasteiger partial charge in [0.25, 0.3) is 0 Å². The van der Waals surface area contributed by atoms with Gasteiger partial charge in [-0.2, -0.15) is 11.8 Å². The number of hydrogen-bond acceptors (Lipinski definition) is 4. The van der Waals surface area contributed by atoms with Crippen LogP contribution in [0.3, 0.4) is 0 Å². The summed E-state index contributed by atoms with van der Waals surface area (Å²) in [6.07, 6.45) is 2.07. The van der Waals surface area contributed by atoms with Crippen molar-refractivity contribution >= 4 is 17.7 Å². The average Bonchev–Trinajstić information content (AvgIpc) is 2.20. The minimum Gasteiger partial charge on any atom is -0.396 e. The van der Waals surface area contributed by atoms with Crippen LogP contribution in [0.15, 0.2) is 0 Å². The molecule has 0 rings (SSSR count). The van der Waals surface area contributed by atoms with E-state index < -0.39 is 0 Å². The van der Waals surface area contributed by atoms with E-state index in [2.05, 4.69) is 26.1 Å². The quantitative estimate of drug-likeness (QED) is 0.556. The number of nitrogens with two attached hydrogens (primary N) is 1. The first kappa shape index (κ1) is 17.7. The van der Waals surface area contributed by atoms with Gasteiger partial charge in [-0.05, 0) is 24.0 Å². The van der Waals surface area contributed by atoms with E-state index in [-0.39, 0.29) is 24.0 Å². The summed E-state index contributed by atoms with van der Waals surface area (Å²) in [6, 6.07) is -0.0629. The van der Waals surface area contributed by atoms with E-state index in [1.165, 1.54) is 0 Å². The molecule has 1 amide bonds. The third-order valence-electron chi connectivity index (χ3n) is 2.34. The van der Waals surface area contributed by atoms with Gasteiger partial charge in [0.2, 0.25) is 5.91 Å². The number of carbonyl (C=O) groups is 1. The van der Waals surface area contributed by atoms with Crippen LogP contribution in [0, 0.1) is 5.41 Å². The zero-order valence-corrected chi connectivity index (χ0v) is 12.7. The lowest BCUT2D eigenvalue weighted by atomic mass is 9.87. The molecule has 5 heteroatoms. The predicted octanol–water partition coefficient (Wildman–Crippen LogP) is 1.37. The van der Waals surface area contributed by atoms with Gasteiger partial charge < -0.3 is 16.2 Å². The standard InChI is InChI=1S/C13H28N2O2S/c1-13(2,3)10-11(14)9-12(17)15-5-8-18-7-4-6-16/h11,16H,4-10,14H2,1-3H3,(H,15,17). The molecule has 0 bridgehead atoms. The zero-order chi connectivity index (χ0) is 14.0. The Kier molecular flexibility index (Phi) is 9.50. The summed E-state index contributed by atoms with van der Waals surface area (Å²) in [7, 11) is 0. The van der Waals surface area contributed by atoms with Gasteiger partial charge >= 0.3 is 0 Å². The molecule has 18 heavy (non-hydrogen) atoms. The zero-order valence-electron chi connectivity index (χ0n) is 11.9. The molecule has 0 spiro atoms. The molecule has 4 nitrogen and oxygen atoms in total. The molecule has 0 saturated heterocycles. The topological polar surface area (TPSA) is 75.4 Å². The van der Waals surface area contributed by atoms with E-state index in [9.17, 15) is 4.79 Å². The van der Waals surface area contributed by atoms with Gasteiger partial charge in [0, 0.05) is 31.4 Å². The first-order valence-electron chi connectivity index (χ1n) is 6.56. The van der Waals surface area contributed by atoms with Crippen LogP contribution in [-0.4, -0.2) is 41.7 Å². The maximum absolute atomic E-state index is 11.6. The van der Waals surface area contributed by atoms with Crippen LogP contribution in [0.4, 0.5) is 0 Å². The van der Waals surface area contributed by atoms with Crippen molar-refractivity contribution in [3.05, 3.63) is 0 Å². The molecule has 4 N–H and O–H groups in total. The fourth-order valence-corrected chi connectivity index (χ4v) is 2.48. The minimum atomic E-state index is -0.0629. The summed E-state index contributed by atoms with van der Waals surface area (Å²) in [6.45, 7) is 7.30. The van der Waals surface area contributed by atoms with Crippen molar-refractivity contribution in [2.45, 2.75) is 46.1 Å². The molecule has 0 aliphatic rings. The summed E-state index contributed by atoms with van der Waals surface area (Å²) in [4.78, 5) is 11.6. The average molecular weight is 276 g/mol. The molecule has 0 saturated carbocycles. The molecule has 1 atom stereocenters. The largest absolute Gasteiger partial charge is 0.396 e. The van der Waals surface area contributed by atoms with Crippen LogP contribution in [-0.2, 0) is 4.79 Å². The SMILES string of the molecule is CC(C)(C)CC(N)CC(=O)NCCSCCCO. The van der Waals surface area contributed by atoms with Crippen LogP contribution in [0.5, 0.6) is 0 Å². The van der Waals surface area contributed by atoms with E-state index in [1.807, 2.05) is 0 Å². The second-order valence-corrected chi connectivity index (χ2v) is 6.99. The normalized spacial score (nSPS) is 13.4. The van der Waals surface area contributed by atoms with Gasteiger partial charge in [-0.25, -0.2) is 0 Å². The lowest BCUT2D eigenvalue weighted by molar-refractivity contribution is -0.121. The maximum Gasteiger partial charge on any atom is 0.221 e. The van der Waals surface area contributed by atoms with Gasteiger partial charge in [-0.1, -0.05) is 20.8 Å². The molecule has 0 radical (unpaired) electrons. The fraction of sp³-hybridized carbons (Fsp3) is 0.923. The van der Waals surface area contributed by atoms with Crippen LogP contribution < -0.4 is 11.1 Å². The molecule has 1 unspecified atom stereocenters. The van der Waals surface area contributed by atoms with Gasteiger partial charge in [0.15, 0.2) is 0 Å². The van der Waals surface area contributed by atoms with Crippen molar-refractivity contribution in [2.75, 3.05) is 24.7 Å². The number of rotatable bonds is 9. The number of nitrogens with one attached hydrogen (secondary N) is 1. The molecule has 0 aromatic heterocycles. The van der Waals surface area contributed by atoms with Crippen molar-refractivity contribution in [2.24, 2.45) is 11.1 Å². The molecule has 0 aliphatic carbocycles. The molecular formula is C13H28N2O2S. The second kappa shape index (κ2) is 9.64. The van der Waals surface area contributed by atoms with Gasteiger partial charge in [-0.3, -0.25) is 4.79 Å². The number of thioether (sulfide) groups is 1. The Morgan fingerprint density at radius 1 is 1.39 bits per heavy atom. The Morgan fingerprint density at radius 2 is 2.06 bits per heavy atom. The summed E-state index contributed by atoms with van der Waals surface area (Å²) in [5.74, 6) is 1.87. The third-order valence-corrected chi connectivity index (χ3v) is 3.41. The second-order valence-electron chi connectivity index (χ2n) is 5.77. The van der Waals surface area contributed by atoms with E-state index in [0.29, 0.717) is 13.0 Å². The Balaban J connectivity index is 3.53. The van der Waals surface area contributed by atoms with E-state index >= 15 is 0 Å². The Morgan fingerprint density at radius 3 is 2.61 bits per heavy atom. The van der Waals surface area contributed by atoms with Crippen molar-refractivity contribution in [1.82, 2.24) is 5.32 Å². The van der Waals surface area contributed by atoms with Crippen molar-refractivity contribution in [1.29, 1.82) is 0 Å². The monoisotopic (exact) mass is 276 g/mol. The predicted molar refractivity (Wildman–Crippen MR) is 78.7 cm³/mol. The molecule has 0 aromatic carbocycles. The summed E-state index contributed by atoms with van der Waals surface area (Å²) in [5.41, 5.74) is 6.10. The molecular weight excluding hydrogens is 248 g/mol. The number of carbonyl (C=O) groups excluding carboxylic acids is 1. The van der Waals surface area contributed by atoms with Crippen LogP contribution in [0.25, 0.3) is 0 Å². The van der Waals surface area contributed by atoms with Crippen molar-refractivity contribution < 1.29 is 9.90 Å². The van der Waals surface area contributed by atoms with Crippen molar-refractivity contribution in [3.8, 4) is 0 Å². The highest BCUT2D eigenvalue weighted by Gasteiger charge is 2.17. The number of aliphatic hydroxyl groups excluding tert-OH is 1. The molecule has 108 valence electrons. The molecule has 0 fully saturated rings. The van der Waals surface area contributed by atoms with E-state index in [4.69, 9.17) is 10.8 Å². The Hall–Kier alpha value is -0.260. The summed E-state index contributed by atoms with van der Waals surface area (Å²) in [5, 5.41) is 11.5. The van der Waals surface area contributed by atoms with Gasteiger partial charge in [0.1, 0.15) is 0 Å². The highest BCUT2D eigenvalue weighted by atomic mass is 32.2. The lowest BCUT2D eigenvalue weighted by Crippen LogP contribution is -2.35. The third kappa shape index (κ3) is 12.2. The first-order valence-corrected chi connectivity index (χ1v) is 7.71. The summed E-state index contributed by atoms with van der Waals surface area (Å²) >= 11 is 1.74. The highest BCUT2D eigenvalue weighted by molar-refractivity contribution is 7.99. The van der Waals surface area contributed by atoms with E-state index in [0.717, 1.165) is 24.3 Å². The lowest BCUT2D eigenvalue weighted by Gasteiger charge is -2.22. The number of aliphatic hydroxyl groups is 1. The maximum atomic E-state index is 11.6. The number of hydrogen-bond donors (Lipinski definition) is 3. The van der Waals surface area contributed by atoms with Crippen LogP contribution in [0.2, 0.25) is 0 Å². The highest BCUT2D eigenvalue weighted by Crippen LogP contribution is 2.20. The minimum absolute atomic E-state index is 0.0366. The smallest absolute Gasteiger partial charge is 0.221 e. The Labute approximate surface area is 115 Å². The number of amides is 1. The fourth-order valence-electron chi connectivity index (χ4n) is 1.70. The first-order chi connectivity index (χ1) is 8.35. The van der Waals surface area contributed by atoms with Gasteiger partial charge in [0.05, 0.1) is 0 Å². The van der Waals surface area contributed by atoms with Crippen molar-refractivity contribution in [3.63, 3.8) is 0 Å².